The van der Waals surface area contributed by atoms with E-state index in [9.17, 15) is 14.0 Å². The fourth-order valence-electron chi connectivity index (χ4n) is 0.652. The SMILES string of the molecule is O=C(O)[C@@H](O)[C@@H](O)[C@H](O)[C@@H](F)C(=O)O. The summed E-state index contributed by atoms with van der Waals surface area (Å²) >= 11 is 0. The zero-order valence-electron chi connectivity index (χ0n) is 6.74. The van der Waals surface area contributed by atoms with Gasteiger partial charge in [-0.1, -0.05) is 0 Å². The maximum absolute atomic E-state index is 12.5. The standard InChI is InChI=1S/C6H9FO7/c7-1(5(11)12)2(8)3(9)4(10)6(13)14/h1-4,8-10H,(H,11,12)(H,13,14)/t1-,2-,3+,4+/m1/s1. The molecule has 0 rings (SSSR count). The molecule has 4 atom stereocenters. The van der Waals surface area contributed by atoms with Gasteiger partial charge in [-0.05, 0) is 0 Å². The lowest BCUT2D eigenvalue weighted by Gasteiger charge is -2.20. The molecular formula is C6H9FO7. The van der Waals surface area contributed by atoms with Crippen molar-refractivity contribution in [2.45, 2.75) is 24.5 Å². The Labute approximate surface area is 77.0 Å². The summed E-state index contributed by atoms with van der Waals surface area (Å²) in [6, 6.07) is 0. The quantitative estimate of drug-likeness (QED) is 0.342. The number of aliphatic carboxylic acids is 2. The number of carboxylic acid groups (broad SMARTS) is 2. The molecule has 0 aliphatic carbocycles. The Hall–Kier alpha value is -1.25. The highest BCUT2D eigenvalue weighted by Gasteiger charge is 2.38. The van der Waals surface area contributed by atoms with Gasteiger partial charge in [0.15, 0.2) is 6.10 Å². The molecule has 0 spiro atoms. The number of hydrogen-bond donors (Lipinski definition) is 5. The Morgan fingerprint density at radius 2 is 1.36 bits per heavy atom. The van der Waals surface area contributed by atoms with E-state index in [2.05, 4.69) is 0 Å². The van der Waals surface area contributed by atoms with Crippen LogP contribution < -0.4 is 0 Å². The van der Waals surface area contributed by atoms with Crippen LogP contribution in [0.25, 0.3) is 0 Å². The van der Waals surface area contributed by atoms with Crippen molar-refractivity contribution in [2.75, 3.05) is 0 Å². The second-order valence-electron chi connectivity index (χ2n) is 2.50. The topological polar surface area (TPSA) is 135 Å². The smallest absolute Gasteiger partial charge is 0.341 e. The van der Waals surface area contributed by atoms with Gasteiger partial charge in [0.05, 0.1) is 0 Å². The van der Waals surface area contributed by atoms with Crippen molar-refractivity contribution in [3.05, 3.63) is 0 Å². The van der Waals surface area contributed by atoms with E-state index in [1.54, 1.807) is 0 Å². The van der Waals surface area contributed by atoms with E-state index < -0.39 is 36.4 Å². The summed E-state index contributed by atoms with van der Waals surface area (Å²) in [6.45, 7) is 0. The predicted molar refractivity (Wildman–Crippen MR) is 38.2 cm³/mol. The Morgan fingerprint density at radius 1 is 0.929 bits per heavy atom. The van der Waals surface area contributed by atoms with Crippen LogP contribution in [0.4, 0.5) is 4.39 Å². The van der Waals surface area contributed by atoms with E-state index in [-0.39, 0.29) is 0 Å². The van der Waals surface area contributed by atoms with Gasteiger partial charge in [-0.15, -0.1) is 0 Å². The first-order chi connectivity index (χ1) is 6.29. The van der Waals surface area contributed by atoms with E-state index >= 15 is 0 Å². The summed E-state index contributed by atoms with van der Waals surface area (Å²) in [7, 11) is 0. The van der Waals surface area contributed by atoms with Crippen molar-refractivity contribution in [1.82, 2.24) is 0 Å². The van der Waals surface area contributed by atoms with E-state index in [1.807, 2.05) is 0 Å². The monoisotopic (exact) mass is 212 g/mol. The molecule has 0 saturated carbocycles. The fourth-order valence-corrected chi connectivity index (χ4v) is 0.652. The van der Waals surface area contributed by atoms with Gasteiger partial charge in [-0.2, -0.15) is 0 Å². The van der Waals surface area contributed by atoms with Crippen molar-refractivity contribution in [3.63, 3.8) is 0 Å². The van der Waals surface area contributed by atoms with Crippen molar-refractivity contribution < 1.29 is 39.5 Å². The van der Waals surface area contributed by atoms with Crippen LogP contribution in [0.3, 0.4) is 0 Å². The van der Waals surface area contributed by atoms with Crippen molar-refractivity contribution in [2.24, 2.45) is 0 Å². The van der Waals surface area contributed by atoms with Gasteiger partial charge in [0.1, 0.15) is 12.2 Å². The minimum Gasteiger partial charge on any atom is -0.479 e. The van der Waals surface area contributed by atoms with Crippen molar-refractivity contribution in [1.29, 1.82) is 0 Å². The van der Waals surface area contributed by atoms with Gasteiger partial charge in [-0.25, -0.2) is 14.0 Å². The summed E-state index contributed by atoms with van der Waals surface area (Å²) in [6.07, 6.45) is -10.2. The first-order valence-corrected chi connectivity index (χ1v) is 3.43. The third kappa shape index (κ3) is 2.91. The second-order valence-corrected chi connectivity index (χ2v) is 2.50. The summed E-state index contributed by atoms with van der Waals surface area (Å²) < 4.78 is 12.5. The van der Waals surface area contributed by atoms with Gasteiger partial charge in [-0.3, -0.25) is 0 Å². The van der Waals surface area contributed by atoms with Gasteiger partial charge in [0, 0.05) is 0 Å². The van der Waals surface area contributed by atoms with Crippen LogP contribution in [0.15, 0.2) is 0 Å². The first kappa shape index (κ1) is 12.8. The lowest BCUT2D eigenvalue weighted by atomic mass is 10.0. The van der Waals surface area contributed by atoms with E-state index in [4.69, 9.17) is 25.5 Å². The molecule has 0 aromatic carbocycles. The molecule has 82 valence electrons. The lowest BCUT2D eigenvalue weighted by Crippen LogP contribution is -2.48. The largest absolute Gasteiger partial charge is 0.479 e. The third-order valence-electron chi connectivity index (χ3n) is 1.46. The highest BCUT2D eigenvalue weighted by atomic mass is 19.1. The molecule has 0 radical (unpaired) electrons. The molecule has 0 aliphatic heterocycles. The number of aliphatic hydroxyl groups excluding tert-OH is 3. The predicted octanol–water partition coefficient (Wildman–Crippen LogP) is -2.42. The lowest BCUT2D eigenvalue weighted by molar-refractivity contribution is -0.167. The molecule has 0 amide bonds. The molecule has 0 bridgehead atoms. The summed E-state index contributed by atoms with van der Waals surface area (Å²) in [5, 5.41) is 42.3. The highest BCUT2D eigenvalue weighted by Crippen LogP contribution is 2.08. The van der Waals surface area contributed by atoms with E-state index in [0.717, 1.165) is 0 Å². The Morgan fingerprint density at radius 3 is 1.64 bits per heavy atom. The molecule has 0 fully saturated rings. The minimum atomic E-state index is -2.86. The highest BCUT2D eigenvalue weighted by molar-refractivity contribution is 5.75. The summed E-state index contributed by atoms with van der Waals surface area (Å²) in [5.74, 6) is -3.96. The van der Waals surface area contributed by atoms with Gasteiger partial charge < -0.3 is 25.5 Å². The number of alkyl halides is 1. The number of carbonyl (C=O) groups is 2. The number of aliphatic hydroxyl groups is 3. The maximum atomic E-state index is 12.5. The van der Waals surface area contributed by atoms with Crippen molar-refractivity contribution in [3.8, 4) is 0 Å². The Bertz CT molecular complexity index is 206. The molecule has 0 aromatic rings. The van der Waals surface area contributed by atoms with Crippen LogP contribution >= 0.6 is 0 Å². The number of carboxylic acids is 2. The fraction of sp³-hybridized carbons (Fsp3) is 0.667. The van der Waals surface area contributed by atoms with Gasteiger partial charge >= 0.3 is 11.9 Å². The van der Waals surface area contributed by atoms with Crippen LogP contribution in [0.2, 0.25) is 0 Å². The first-order valence-electron chi connectivity index (χ1n) is 3.43. The van der Waals surface area contributed by atoms with Crippen LogP contribution in [0, 0.1) is 0 Å². The molecule has 0 aliphatic rings. The summed E-state index contributed by atoms with van der Waals surface area (Å²) in [5.41, 5.74) is 0. The molecule has 8 heteroatoms. The molecule has 7 nitrogen and oxygen atoms in total. The number of hydrogen-bond acceptors (Lipinski definition) is 5. The van der Waals surface area contributed by atoms with Crippen LogP contribution in [-0.4, -0.2) is 62.0 Å². The molecule has 0 heterocycles. The van der Waals surface area contributed by atoms with Crippen LogP contribution in [-0.2, 0) is 9.59 Å². The van der Waals surface area contributed by atoms with Crippen LogP contribution in [0.5, 0.6) is 0 Å². The van der Waals surface area contributed by atoms with E-state index in [1.165, 1.54) is 0 Å². The number of rotatable bonds is 5. The molecular weight excluding hydrogens is 203 g/mol. The number of halogens is 1. The van der Waals surface area contributed by atoms with Crippen molar-refractivity contribution >= 4 is 11.9 Å². The molecule has 0 unspecified atom stereocenters. The average Bonchev–Trinajstić information content (AvgIpc) is 2.12. The molecule has 0 saturated heterocycles. The minimum absolute atomic E-state index is 1.89. The third-order valence-corrected chi connectivity index (χ3v) is 1.46. The molecule has 0 aromatic heterocycles. The van der Waals surface area contributed by atoms with Crippen LogP contribution in [0.1, 0.15) is 0 Å². The second kappa shape index (κ2) is 4.84. The zero-order valence-corrected chi connectivity index (χ0v) is 6.74. The Balaban J connectivity index is 4.45. The van der Waals surface area contributed by atoms with Gasteiger partial charge in [0.2, 0.25) is 6.17 Å². The normalized spacial score (nSPS) is 19.4. The zero-order chi connectivity index (χ0) is 11.5. The van der Waals surface area contributed by atoms with E-state index in [0.29, 0.717) is 0 Å². The van der Waals surface area contributed by atoms with Gasteiger partial charge in [0.25, 0.3) is 0 Å². The summed E-state index contributed by atoms with van der Waals surface area (Å²) in [4.78, 5) is 20.0. The molecule has 14 heavy (non-hydrogen) atoms. The maximum Gasteiger partial charge on any atom is 0.341 e. The Kier molecular flexibility index (Phi) is 4.41. The molecule has 5 N–H and O–H groups in total. The average molecular weight is 212 g/mol.